The molecule has 0 aromatic heterocycles. The molecule has 2 rings (SSSR count). The van der Waals surface area contributed by atoms with E-state index < -0.39 is 0 Å². The van der Waals surface area contributed by atoms with E-state index >= 15 is 0 Å². The monoisotopic (exact) mass is 363 g/mol. The average Bonchev–Trinajstić information content (AvgIpc) is 2.61. The summed E-state index contributed by atoms with van der Waals surface area (Å²) in [6.07, 6.45) is 3.06. The smallest absolute Gasteiger partial charge is 0.319 e. The number of piperidine rings is 1. The van der Waals surface area contributed by atoms with Crippen molar-refractivity contribution in [2.24, 2.45) is 0 Å². The lowest BCUT2D eigenvalue weighted by Gasteiger charge is -2.39. The lowest BCUT2D eigenvalue weighted by Crippen LogP contribution is -2.47. The minimum atomic E-state index is -0.367. The second-order valence-electron chi connectivity index (χ2n) is 6.58. The molecule has 0 bridgehead atoms. The maximum absolute atomic E-state index is 13.3. The van der Waals surface area contributed by atoms with Gasteiger partial charge in [0.1, 0.15) is 0 Å². The van der Waals surface area contributed by atoms with E-state index in [-0.39, 0.29) is 24.0 Å². The lowest BCUT2D eigenvalue weighted by atomic mass is 9.96. The van der Waals surface area contributed by atoms with Gasteiger partial charge in [-0.25, -0.2) is 4.79 Å². The van der Waals surface area contributed by atoms with Gasteiger partial charge in [0, 0.05) is 24.7 Å². The molecule has 2 unspecified atom stereocenters. The maximum Gasteiger partial charge on any atom is 0.319 e. The molecule has 1 fully saturated rings. The van der Waals surface area contributed by atoms with Crippen LogP contribution in [0.5, 0.6) is 11.5 Å². The van der Waals surface area contributed by atoms with Crippen LogP contribution in [0.15, 0.2) is 12.1 Å². The van der Waals surface area contributed by atoms with Crippen molar-refractivity contribution in [1.82, 2.24) is 10.2 Å². The van der Waals surface area contributed by atoms with Crippen molar-refractivity contribution in [2.75, 3.05) is 26.1 Å². The summed E-state index contributed by atoms with van der Waals surface area (Å²) in [4.78, 5) is 27.2. The van der Waals surface area contributed by atoms with Gasteiger partial charge in [0.2, 0.25) is 0 Å². The van der Waals surface area contributed by atoms with Crippen LogP contribution in [0.2, 0.25) is 0 Å². The summed E-state index contributed by atoms with van der Waals surface area (Å²) in [5.74, 6) is 0.794. The van der Waals surface area contributed by atoms with Gasteiger partial charge in [-0.3, -0.25) is 4.79 Å². The first-order valence-electron chi connectivity index (χ1n) is 9.06. The van der Waals surface area contributed by atoms with Gasteiger partial charge in [-0.05, 0) is 46.1 Å². The van der Waals surface area contributed by atoms with Crippen LogP contribution in [0.25, 0.3) is 0 Å². The Morgan fingerprint density at radius 3 is 2.23 bits per heavy atom. The molecule has 2 atom stereocenters. The van der Waals surface area contributed by atoms with E-state index in [1.807, 2.05) is 11.8 Å². The van der Waals surface area contributed by atoms with Gasteiger partial charge < -0.3 is 25.0 Å². The third-order valence-corrected chi connectivity index (χ3v) is 4.77. The van der Waals surface area contributed by atoms with Crippen molar-refractivity contribution >= 4 is 17.6 Å². The minimum absolute atomic E-state index is 0.113. The number of nitrogens with zero attached hydrogens (tertiary/aromatic N) is 1. The molecule has 1 aliphatic heterocycles. The molecule has 0 saturated carbocycles. The van der Waals surface area contributed by atoms with E-state index in [4.69, 9.17) is 9.47 Å². The van der Waals surface area contributed by atoms with E-state index in [0.29, 0.717) is 29.3 Å². The van der Waals surface area contributed by atoms with Crippen molar-refractivity contribution < 1.29 is 19.1 Å². The predicted molar refractivity (Wildman–Crippen MR) is 101 cm³/mol. The molecular weight excluding hydrogens is 334 g/mol. The first-order chi connectivity index (χ1) is 12.4. The molecule has 7 nitrogen and oxygen atoms in total. The zero-order valence-corrected chi connectivity index (χ0v) is 16.2. The van der Waals surface area contributed by atoms with Gasteiger partial charge in [-0.1, -0.05) is 0 Å². The zero-order chi connectivity index (χ0) is 19.3. The molecule has 3 amide bonds. The van der Waals surface area contributed by atoms with Crippen LogP contribution < -0.4 is 20.1 Å². The topological polar surface area (TPSA) is 79.9 Å². The van der Waals surface area contributed by atoms with Crippen LogP contribution in [-0.2, 0) is 0 Å². The molecular formula is C19H29N3O4. The highest BCUT2D eigenvalue weighted by Crippen LogP contribution is 2.35. The minimum Gasteiger partial charge on any atom is -0.493 e. The molecule has 1 aromatic rings. The van der Waals surface area contributed by atoms with Crippen molar-refractivity contribution in [3.05, 3.63) is 17.7 Å². The fourth-order valence-electron chi connectivity index (χ4n) is 3.45. The number of ether oxygens (including phenoxy) is 2. The van der Waals surface area contributed by atoms with Crippen molar-refractivity contribution in [2.45, 2.75) is 52.1 Å². The standard InChI is InChI=1S/C19H29N3O4/c1-6-20-19(24)21-15-11-17(26-5)16(25-4)10-14(15)18(23)22-12(2)8-7-9-13(22)3/h10-13H,6-9H2,1-5H3,(H2,20,21,24). The fraction of sp³-hybridized carbons (Fsp3) is 0.579. The summed E-state index contributed by atoms with van der Waals surface area (Å²) in [5, 5.41) is 5.43. The molecule has 1 heterocycles. The van der Waals surface area contributed by atoms with Gasteiger partial charge in [-0.2, -0.15) is 0 Å². The molecule has 0 radical (unpaired) electrons. The summed E-state index contributed by atoms with van der Waals surface area (Å²) in [7, 11) is 3.04. The number of urea groups is 1. The zero-order valence-electron chi connectivity index (χ0n) is 16.2. The van der Waals surface area contributed by atoms with E-state index in [9.17, 15) is 9.59 Å². The molecule has 144 valence electrons. The third kappa shape index (κ3) is 4.20. The average molecular weight is 363 g/mol. The molecule has 1 saturated heterocycles. The summed E-state index contributed by atoms with van der Waals surface area (Å²) in [6, 6.07) is 3.19. The highest BCUT2D eigenvalue weighted by Gasteiger charge is 2.31. The Kier molecular flexibility index (Phi) is 6.71. The van der Waals surface area contributed by atoms with Crippen LogP contribution in [0.3, 0.4) is 0 Å². The van der Waals surface area contributed by atoms with E-state index in [2.05, 4.69) is 24.5 Å². The summed E-state index contributed by atoms with van der Waals surface area (Å²) in [6.45, 7) is 6.44. The van der Waals surface area contributed by atoms with E-state index in [1.54, 1.807) is 12.1 Å². The third-order valence-electron chi connectivity index (χ3n) is 4.77. The fourth-order valence-corrected chi connectivity index (χ4v) is 3.45. The van der Waals surface area contributed by atoms with Gasteiger partial charge in [0.15, 0.2) is 11.5 Å². The van der Waals surface area contributed by atoms with Crippen LogP contribution >= 0.6 is 0 Å². The molecule has 7 heteroatoms. The molecule has 0 aliphatic carbocycles. The number of carbonyl (C=O) groups excluding carboxylic acids is 2. The van der Waals surface area contributed by atoms with Gasteiger partial charge >= 0.3 is 6.03 Å². The Morgan fingerprint density at radius 2 is 1.69 bits per heavy atom. The van der Waals surface area contributed by atoms with Crippen LogP contribution in [0, 0.1) is 0 Å². The number of hydrogen-bond acceptors (Lipinski definition) is 4. The van der Waals surface area contributed by atoms with Crippen LogP contribution in [0.1, 0.15) is 50.4 Å². The second-order valence-corrected chi connectivity index (χ2v) is 6.58. The quantitative estimate of drug-likeness (QED) is 0.842. The Balaban J connectivity index is 2.46. The molecule has 0 spiro atoms. The Labute approximate surface area is 155 Å². The van der Waals surface area contributed by atoms with Gasteiger partial charge in [0.25, 0.3) is 5.91 Å². The van der Waals surface area contributed by atoms with Crippen molar-refractivity contribution in [3.63, 3.8) is 0 Å². The molecule has 2 N–H and O–H groups in total. The number of nitrogens with one attached hydrogen (secondary N) is 2. The Bertz CT molecular complexity index is 652. The Morgan fingerprint density at radius 1 is 1.12 bits per heavy atom. The summed E-state index contributed by atoms with van der Waals surface area (Å²) < 4.78 is 10.7. The van der Waals surface area contributed by atoms with Crippen LogP contribution in [0.4, 0.5) is 10.5 Å². The Hall–Kier alpha value is -2.44. The first-order valence-corrected chi connectivity index (χ1v) is 9.06. The van der Waals surface area contributed by atoms with Gasteiger partial charge in [-0.15, -0.1) is 0 Å². The first kappa shape index (κ1) is 19.9. The van der Waals surface area contributed by atoms with E-state index in [1.165, 1.54) is 14.2 Å². The molecule has 1 aliphatic rings. The highest BCUT2D eigenvalue weighted by molar-refractivity contribution is 6.04. The number of methoxy groups -OCH3 is 2. The number of hydrogen-bond donors (Lipinski definition) is 2. The summed E-state index contributed by atoms with van der Waals surface area (Å²) in [5.41, 5.74) is 0.804. The number of anilines is 1. The van der Waals surface area contributed by atoms with Crippen LogP contribution in [-0.4, -0.2) is 49.7 Å². The maximum atomic E-state index is 13.3. The number of carbonyl (C=O) groups is 2. The lowest BCUT2D eigenvalue weighted by molar-refractivity contribution is 0.0511. The SMILES string of the molecule is CCNC(=O)Nc1cc(OC)c(OC)cc1C(=O)N1C(C)CCCC1C. The van der Waals surface area contributed by atoms with Gasteiger partial charge in [0.05, 0.1) is 25.5 Å². The second kappa shape index (κ2) is 8.78. The van der Waals surface area contributed by atoms with Crippen molar-refractivity contribution in [1.29, 1.82) is 0 Å². The molecule has 1 aromatic carbocycles. The summed E-state index contributed by atoms with van der Waals surface area (Å²) >= 11 is 0. The number of benzene rings is 1. The predicted octanol–water partition coefficient (Wildman–Crippen LogP) is 3.25. The largest absolute Gasteiger partial charge is 0.493 e. The van der Waals surface area contributed by atoms with Crippen molar-refractivity contribution in [3.8, 4) is 11.5 Å². The number of amides is 3. The van der Waals surface area contributed by atoms with E-state index in [0.717, 1.165) is 19.3 Å². The molecule has 26 heavy (non-hydrogen) atoms. The normalized spacial score (nSPS) is 19.7. The number of rotatable bonds is 5. The number of likely N-dealkylation sites (tertiary alicyclic amines) is 1. The highest BCUT2D eigenvalue weighted by atomic mass is 16.5.